The summed E-state index contributed by atoms with van der Waals surface area (Å²) in [5.74, 6) is -1.28. The van der Waals surface area contributed by atoms with Crippen molar-refractivity contribution in [3.8, 4) is 5.69 Å². The molecular formula is C23H16Cl2N2O3. The highest BCUT2D eigenvalue weighted by Crippen LogP contribution is 2.27. The molecule has 3 aromatic carbocycles. The fraction of sp³-hybridized carbons (Fsp3) is 0.0435. The van der Waals surface area contributed by atoms with Gasteiger partial charge in [-0.05, 0) is 60.2 Å². The molecule has 0 bridgehead atoms. The molecule has 0 saturated carbocycles. The lowest BCUT2D eigenvalue weighted by atomic mass is 10.1. The predicted molar refractivity (Wildman–Crippen MR) is 118 cm³/mol. The molecular weight excluding hydrogens is 423 g/mol. The van der Waals surface area contributed by atoms with E-state index >= 15 is 0 Å². The quantitative estimate of drug-likeness (QED) is 0.428. The number of aromatic carboxylic acids is 1. The van der Waals surface area contributed by atoms with E-state index in [-0.39, 0.29) is 18.0 Å². The lowest BCUT2D eigenvalue weighted by Crippen LogP contribution is -2.24. The third kappa shape index (κ3) is 4.03. The first-order valence-electron chi connectivity index (χ1n) is 9.09. The molecule has 0 unspecified atom stereocenters. The molecule has 4 aromatic rings. The molecule has 5 nitrogen and oxygen atoms in total. The van der Waals surface area contributed by atoms with Gasteiger partial charge in [-0.2, -0.15) is 0 Å². The molecule has 0 saturated heterocycles. The molecule has 0 aliphatic carbocycles. The van der Waals surface area contributed by atoms with Gasteiger partial charge in [0.1, 0.15) is 0 Å². The monoisotopic (exact) mass is 438 g/mol. The van der Waals surface area contributed by atoms with Crippen molar-refractivity contribution in [3.63, 3.8) is 0 Å². The Morgan fingerprint density at radius 1 is 0.900 bits per heavy atom. The van der Waals surface area contributed by atoms with E-state index in [4.69, 9.17) is 28.3 Å². The molecule has 0 atom stereocenters. The van der Waals surface area contributed by atoms with E-state index in [1.54, 1.807) is 36.4 Å². The molecule has 0 fully saturated rings. The molecule has 30 heavy (non-hydrogen) atoms. The Balaban J connectivity index is 1.62. The normalized spacial score (nSPS) is 10.9. The van der Waals surface area contributed by atoms with E-state index in [2.05, 4.69) is 5.32 Å². The van der Waals surface area contributed by atoms with Gasteiger partial charge in [-0.1, -0.05) is 35.3 Å². The van der Waals surface area contributed by atoms with Crippen LogP contribution in [-0.4, -0.2) is 21.6 Å². The number of carboxylic acid groups (broad SMARTS) is 1. The van der Waals surface area contributed by atoms with Gasteiger partial charge in [0, 0.05) is 28.2 Å². The second-order valence-electron chi connectivity index (χ2n) is 6.74. The molecule has 4 rings (SSSR count). The molecule has 0 aliphatic rings. The lowest BCUT2D eigenvalue weighted by Gasteiger charge is -2.13. The largest absolute Gasteiger partial charge is 0.478 e. The van der Waals surface area contributed by atoms with Gasteiger partial charge < -0.3 is 15.0 Å². The highest BCUT2D eigenvalue weighted by Gasteiger charge is 2.15. The third-order valence-corrected chi connectivity index (χ3v) is 5.24. The Kier molecular flexibility index (Phi) is 5.48. The third-order valence-electron chi connectivity index (χ3n) is 4.77. The van der Waals surface area contributed by atoms with Crippen molar-refractivity contribution in [1.82, 2.24) is 9.88 Å². The van der Waals surface area contributed by atoms with Crippen molar-refractivity contribution in [2.45, 2.75) is 6.54 Å². The maximum Gasteiger partial charge on any atom is 0.335 e. The van der Waals surface area contributed by atoms with E-state index in [1.807, 2.05) is 29.0 Å². The molecule has 0 radical (unpaired) electrons. The fourth-order valence-electron chi connectivity index (χ4n) is 3.27. The molecule has 0 spiro atoms. The minimum atomic E-state index is -0.991. The number of carbonyl (C=O) groups excluding carboxylic acids is 1. The van der Waals surface area contributed by atoms with Gasteiger partial charge in [0.15, 0.2) is 0 Å². The van der Waals surface area contributed by atoms with E-state index in [9.17, 15) is 9.59 Å². The highest BCUT2D eigenvalue weighted by atomic mass is 35.5. The first-order chi connectivity index (χ1) is 14.4. The second kappa shape index (κ2) is 8.22. The van der Waals surface area contributed by atoms with Crippen LogP contribution < -0.4 is 5.32 Å². The highest BCUT2D eigenvalue weighted by molar-refractivity contribution is 6.31. The molecule has 7 heteroatoms. The van der Waals surface area contributed by atoms with Crippen molar-refractivity contribution < 1.29 is 14.7 Å². The van der Waals surface area contributed by atoms with Gasteiger partial charge in [0.2, 0.25) is 0 Å². The standard InChI is InChI=1S/C23H16Cl2N2O3/c24-17-5-7-20-16(11-17)9-10-27(20)21-8-6-18(25)12-19(21)22(28)26-13-14-1-3-15(4-2-14)23(29)30/h1-12H,13H2,(H,26,28)(H,29,30). The maximum atomic E-state index is 13.0. The Hall–Kier alpha value is -3.28. The Bertz CT molecular complexity index is 1260. The molecule has 150 valence electrons. The number of nitrogens with one attached hydrogen (secondary N) is 1. The summed E-state index contributed by atoms with van der Waals surface area (Å²) in [6.45, 7) is 0.257. The first kappa shape index (κ1) is 20.0. The maximum absolute atomic E-state index is 13.0. The van der Waals surface area contributed by atoms with Crippen LogP contribution in [0.15, 0.2) is 72.9 Å². The number of benzene rings is 3. The Morgan fingerprint density at radius 3 is 2.33 bits per heavy atom. The van der Waals surface area contributed by atoms with E-state index in [0.29, 0.717) is 21.3 Å². The molecule has 1 amide bonds. The van der Waals surface area contributed by atoms with Crippen molar-refractivity contribution >= 4 is 46.0 Å². The average Bonchev–Trinajstić information content (AvgIpc) is 3.15. The number of rotatable bonds is 5. The van der Waals surface area contributed by atoms with E-state index < -0.39 is 5.97 Å². The number of hydrogen-bond acceptors (Lipinski definition) is 2. The topological polar surface area (TPSA) is 71.3 Å². The Labute approximate surface area is 182 Å². The van der Waals surface area contributed by atoms with Gasteiger partial charge in [-0.3, -0.25) is 4.79 Å². The van der Waals surface area contributed by atoms with E-state index in [1.165, 1.54) is 12.1 Å². The number of amides is 1. The van der Waals surface area contributed by atoms with Crippen LogP contribution in [0, 0.1) is 0 Å². The zero-order valence-electron chi connectivity index (χ0n) is 15.6. The summed E-state index contributed by atoms with van der Waals surface area (Å²) in [4.78, 5) is 23.9. The first-order valence-corrected chi connectivity index (χ1v) is 9.85. The zero-order valence-corrected chi connectivity index (χ0v) is 17.1. The van der Waals surface area contributed by atoms with Gasteiger partial charge in [0.05, 0.1) is 22.3 Å². The number of hydrogen-bond donors (Lipinski definition) is 2. The van der Waals surface area contributed by atoms with Crippen molar-refractivity contribution in [2.24, 2.45) is 0 Å². The summed E-state index contributed by atoms with van der Waals surface area (Å²) in [6, 6.07) is 19.0. The zero-order chi connectivity index (χ0) is 21.3. The number of fused-ring (bicyclic) bond motifs is 1. The van der Waals surface area contributed by atoms with Crippen LogP contribution in [0.5, 0.6) is 0 Å². The summed E-state index contributed by atoms with van der Waals surface area (Å²) >= 11 is 12.2. The van der Waals surface area contributed by atoms with Crippen LogP contribution in [0.4, 0.5) is 0 Å². The average molecular weight is 439 g/mol. The van der Waals surface area contributed by atoms with Gasteiger partial charge in [0.25, 0.3) is 5.91 Å². The summed E-state index contributed by atoms with van der Waals surface area (Å²) in [5.41, 5.74) is 3.02. The van der Waals surface area contributed by atoms with Crippen molar-refractivity contribution in [3.05, 3.63) is 99.7 Å². The van der Waals surface area contributed by atoms with Crippen LogP contribution in [-0.2, 0) is 6.54 Å². The molecule has 2 N–H and O–H groups in total. The summed E-state index contributed by atoms with van der Waals surface area (Å²) in [6.07, 6.45) is 1.88. The number of nitrogens with zero attached hydrogens (tertiary/aromatic N) is 1. The minimum Gasteiger partial charge on any atom is -0.478 e. The summed E-state index contributed by atoms with van der Waals surface area (Å²) in [5, 5.41) is 13.9. The smallest absolute Gasteiger partial charge is 0.335 e. The van der Waals surface area contributed by atoms with Gasteiger partial charge >= 0.3 is 5.97 Å². The van der Waals surface area contributed by atoms with Gasteiger partial charge in [-0.25, -0.2) is 4.79 Å². The Morgan fingerprint density at radius 2 is 1.60 bits per heavy atom. The second-order valence-corrected chi connectivity index (χ2v) is 7.61. The van der Waals surface area contributed by atoms with Crippen LogP contribution >= 0.6 is 23.2 Å². The SMILES string of the molecule is O=C(O)c1ccc(CNC(=O)c2cc(Cl)ccc2-n2ccc3cc(Cl)ccc32)cc1. The molecule has 1 heterocycles. The van der Waals surface area contributed by atoms with Crippen LogP contribution in [0.2, 0.25) is 10.0 Å². The van der Waals surface area contributed by atoms with E-state index in [0.717, 1.165) is 16.5 Å². The van der Waals surface area contributed by atoms with Crippen LogP contribution in [0.1, 0.15) is 26.3 Å². The van der Waals surface area contributed by atoms with Crippen molar-refractivity contribution in [2.75, 3.05) is 0 Å². The molecule has 1 aromatic heterocycles. The fourth-order valence-corrected chi connectivity index (χ4v) is 3.62. The minimum absolute atomic E-state index is 0.196. The summed E-state index contributed by atoms with van der Waals surface area (Å²) < 4.78 is 1.92. The lowest BCUT2D eigenvalue weighted by molar-refractivity contribution is 0.0696. The van der Waals surface area contributed by atoms with Crippen LogP contribution in [0.3, 0.4) is 0 Å². The van der Waals surface area contributed by atoms with Crippen LogP contribution in [0.25, 0.3) is 16.6 Å². The predicted octanol–water partition coefficient (Wildman–Crippen LogP) is 5.57. The number of halogens is 2. The van der Waals surface area contributed by atoms with Crippen molar-refractivity contribution in [1.29, 1.82) is 0 Å². The number of aromatic nitrogens is 1. The van der Waals surface area contributed by atoms with Gasteiger partial charge in [-0.15, -0.1) is 0 Å². The summed E-state index contributed by atoms with van der Waals surface area (Å²) in [7, 11) is 0. The number of carbonyl (C=O) groups is 2. The number of carboxylic acids is 1. The molecule has 0 aliphatic heterocycles.